The molecular weight excluding hydrogens is 538 g/mol. The number of hydrogen-bond acceptors (Lipinski definition) is 6. The number of amides is 1. The van der Waals surface area contributed by atoms with Gasteiger partial charge in [0.25, 0.3) is 5.91 Å². The van der Waals surface area contributed by atoms with Gasteiger partial charge >= 0.3 is 0 Å². The molecule has 2 aliphatic heterocycles. The zero-order valence-electron chi connectivity index (χ0n) is 23.4. The highest BCUT2D eigenvalue weighted by atomic mass is 35.5. The summed E-state index contributed by atoms with van der Waals surface area (Å²) in [6, 6.07) is 21.8. The van der Waals surface area contributed by atoms with Gasteiger partial charge in [-0.15, -0.1) is 0 Å². The molecule has 0 bridgehead atoms. The van der Waals surface area contributed by atoms with Crippen LogP contribution in [0, 0.1) is 13.8 Å². The third kappa shape index (κ3) is 5.62. The van der Waals surface area contributed by atoms with Gasteiger partial charge in [-0.25, -0.2) is 4.98 Å². The standard InChI is InChI=1S/C32H34ClN5O3/c1-22-26(33)10-6-11-27(22)37-18-16-36(17-19-37)15-7-14-34-32(39)30-23(2)38(31(35-30)24-8-4-3-5-9-24)25-12-13-28-29(20-25)41-21-40-28/h3-6,8-13,20H,7,14-19,21H2,1-2H3,(H,34,39). The highest BCUT2D eigenvalue weighted by molar-refractivity contribution is 6.31. The van der Waals surface area contributed by atoms with Gasteiger partial charge < -0.3 is 19.7 Å². The molecule has 0 spiro atoms. The number of benzene rings is 3. The minimum Gasteiger partial charge on any atom is -0.454 e. The van der Waals surface area contributed by atoms with Crippen LogP contribution >= 0.6 is 11.6 Å². The molecule has 0 radical (unpaired) electrons. The molecule has 41 heavy (non-hydrogen) atoms. The van der Waals surface area contributed by atoms with E-state index in [1.807, 2.05) is 72.2 Å². The fraction of sp³-hybridized carbons (Fsp3) is 0.312. The van der Waals surface area contributed by atoms with E-state index in [0.717, 1.165) is 66.7 Å². The van der Waals surface area contributed by atoms with Gasteiger partial charge in [0.1, 0.15) is 11.5 Å². The van der Waals surface area contributed by atoms with Gasteiger partial charge in [-0.2, -0.15) is 0 Å². The van der Waals surface area contributed by atoms with Crippen molar-refractivity contribution in [3.8, 4) is 28.6 Å². The number of piperazine rings is 1. The first-order chi connectivity index (χ1) is 20.0. The first-order valence-electron chi connectivity index (χ1n) is 14.0. The highest BCUT2D eigenvalue weighted by Crippen LogP contribution is 2.36. The molecule has 9 heteroatoms. The number of aromatic nitrogens is 2. The van der Waals surface area contributed by atoms with Crippen LogP contribution in [0.1, 0.15) is 28.2 Å². The van der Waals surface area contributed by atoms with Crippen molar-refractivity contribution >= 4 is 23.2 Å². The van der Waals surface area contributed by atoms with Gasteiger partial charge in [0.15, 0.2) is 11.5 Å². The number of carbonyl (C=O) groups excluding carboxylic acids is 1. The number of rotatable bonds is 8. The Morgan fingerprint density at radius 3 is 2.54 bits per heavy atom. The molecule has 0 saturated carbocycles. The average Bonchev–Trinajstić information content (AvgIpc) is 3.61. The predicted octanol–water partition coefficient (Wildman–Crippen LogP) is 5.48. The maximum absolute atomic E-state index is 13.3. The second-order valence-electron chi connectivity index (χ2n) is 10.4. The first kappa shape index (κ1) is 27.2. The van der Waals surface area contributed by atoms with Gasteiger partial charge in [-0.1, -0.05) is 48.0 Å². The lowest BCUT2D eigenvalue weighted by molar-refractivity contribution is 0.0946. The Hall–Kier alpha value is -4.01. The smallest absolute Gasteiger partial charge is 0.271 e. The molecule has 1 amide bonds. The number of imidazole rings is 1. The minimum absolute atomic E-state index is 0.166. The van der Waals surface area contributed by atoms with Crippen molar-refractivity contribution in [1.82, 2.24) is 19.8 Å². The fourth-order valence-corrected chi connectivity index (χ4v) is 5.75. The highest BCUT2D eigenvalue weighted by Gasteiger charge is 2.24. The van der Waals surface area contributed by atoms with Crippen molar-refractivity contribution in [2.24, 2.45) is 0 Å². The van der Waals surface area contributed by atoms with Crippen molar-refractivity contribution < 1.29 is 14.3 Å². The predicted molar refractivity (Wildman–Crippen MR) is 162 cm³/mol. The molecule has 4 aromatic rings. The molecule has 0 atom stereocenters. The molecule has 0 unspecified atom stereocenters. The maximum atomic E-state index is 13.3. The second kappa shape index (κ2) is 11.8. The minimum atomic E-state index is -0.166. The van der Waals surface area contributed by atoms with Crippen LogP contribution in [0.15, 0.2) is 66.7 Å². The maximum Gasteiger partial charge on any atom is 0.271 e. The number of hydrogen-bond donors (Lipinski definition) is 1. The van der Waals surface area contributed by atoms with E-state index >= 15 is 0 Å². The van der Waals surface area contributed by atoms with Crippen molar-refractivity contribution in [3.63, 3.8) is 0 Å². The molecule has 1 fully saturated rings. The molecular formula is C32H34ClN5O3. The summed E-state index contributed by atoms with van der Waals surface area (Å²) in [5, 5.41) is 3.91. The quantitative estimate of drug-likeness (QED) is 0.282. The summed E-state index contributed by atoms with van der Waals surface area (Å²) < 4.78 is 13.1. The molecule has 8 nitrogen and oxygen atoms in total. The Kier molecular flexibility index (Phi) is 7.85. The number of fused-ring (bicyclic) bond motifs is 1. The van der Waals surface area contributed by atoms with E-state index in [2.05, 4.69) is 28.1 Å². The number of nitrogens with zero attached hydrogens (tertiary/aromatic N) is 4. The van der Waals surface area contributed by atoms with E-state index in [4.69, 9.17) is 26.1 Å². The number of halogens is 1. The van der Waals surface area contributed by atoms with Crippen LogP contribution in [0.4, 0.5) is 5.69 Å². The van der Waals surface area contributed by atoms with E-state index in [1.165, 1.54) is 5.69 Å². The Bertz CT molecular complexity index is 1550. The molecule has 0 aliphatic carbocycles. The molecule has 1 N–H and O–H groups in total. The largest absolute Gasteiger partial charge is 0.454 e. The van der Waals surface area contributed by atoms with Gasteiger partial charge in [-0.3, -0.25) is 14.3 Å². The molecule has 3 aromatic carbocycles. The molecule has 1 saturated heterocycles. The van der Waals surface area contributed by atoms with Gasteiger partial charge in [0.2, 0.25) is 6.79 Å². The van der Waals surface area contributed by atoms with Crippen LogP contribution in [0.2, 0.25) is 5.02 Å². The Morgan fingerprint density at radius 2 is 1.73 bits per heavy atom. The van der Waals surface area contributed by atoms with Gasteiger partial charge in [0.05, 0.1) is 11.4 Å². The second-order valence-corrected chi connectivity index (χ2v) is 10.8. The third-order valence-corrected chi connectivity index (χ3v) is 8.27. The molecule has 2 aliphatic rings. The summed E-state index contributed by atoms with van der Waals surface area (Å²) in [6.45, 7) is 9.64. The van der Waals surface area contributed by atoms with Crippen LogP contribution in [0.25, 0.3) is 17.1 Å². The lowest BCUT2D eigenvalue weighted by Crippen LogP contribution is -2.47. The molecule has 1 aromatic heterocycles. The van der Waals surface area contributed by atoms with E-state index < -0.39 is 0 Å². The van der Waals surface area contributed by atoms with Crippen molar-refractivity contribution in [3.05, 3.63) is 88.7 Å². The van der Waals surface area contributed by atoms with Crippen molar-refractivity contribution in [2.45, 2.75) is 20.3 Å². The lowest BCUT2D eigenvalue weighted by atomic mass is 10.1. The summed E-state index contributed by atoms with van der Waals surface area (Å²) in [6.07, 6.45) is 0.870. The van der Waals surface area contributed by atoms with E-state index in [1.54, 1.807) is 0 Å². The van der Waals surface area contributed by atoms with E-state index in [9.17, 15) is 4.79 Å². The Balaban J connectivity index is 1.09. The Labute approximate surface area is 245 Å². The normalized spacial score (nSPS) is 14.9. The lowest BCUT2D eigenvalue weighted by Gasteiger charge is -2.37. The summed E-state index contributed by atoms with van der Waals surface area (Å²) >= 11 is 6.33. The van der Waals surface area contributed by atoms with Crippen LogP contribution in [-0.2, 0) is 0 Å². The van der Waals surface area contributed by atoms with Crippen LogP contribution in [0.5, 0.6) is 11.5 Å². The number of anilines is 1. The SMILES string of the molecule is Cc1c(Cl)cccc1N1CCN(CCCNC(=O)c2nc(-c3ccccc3)n(-c3ccc4c(c3)OCO4)c2C)CC1. The Morgan fingerprint density at radius 1 is 0.951 bits per heavy atom. The monoisotopic (exact) mass is 571 g/mol. The van der Waals surface area contributed by atoms with Gasteiger partial charge in [-0.05, 0) is 56.6 Å². The van der Waals surface area contributed by atoms with E-state index in [0.29, 0.717) is 29.6 Å². The van der Waals surface area contributed by atoms with Crippen molar-refractivity contribution in [1.29, 1.82) is 0 Å². The molecule has 212 valence electrons. The average molecular weight is 572 g/mol. The zero-order chi connectivity index (χ0) is 28.3. The van der Waals surface area contributed by atoms with Gasteiger partial charge in [0, 0.05) is 55.1 Å². The van der Waals surface area contributed by atoms with E-state index in [-0.39, 0.29) is 12.7 Å². The number of ether oxygens (including phenoxy) is 2. The summed E-state index contributed by atoms with van der Waals surface area (Å²) in [7, 11) is 0. The van der Waals surface area contributed by atoms with Crippen LogP contribution < -0.4 is 19.7 Å². The summed E-state index contributed by atoms with van der Waals surface area (Å²) in [5.74, 6) is 1.94. The molecule has 3 heterocycles. The number of nitrogens with one attached hydrogen (secondary N) is 1. The topological polar surface area (TPSA) is 71.9 Å². The summed E-state index contributed by atoms with van der Waals surface area (Å²) in [5.41, 5.74) is 5.34. The fourth-order valence-electron chi connectivity index (χ4n) is 5.58. The third-order valence-electron chi connectivity index (χ3n) is 7.86. The summed E-state index contributed by atoms with van der Waals surface area (Å²) in [4.78, 5) is 23.0. The van der Waals surface area contributed by atoms with Crippen LogP contribution in [0.3, 0.4) is 0 Å². The van der Waals surface area contributed by atoms with Crippen LogP contribution in [-0.4, -0.2) is 66.4 Å². The van der Waals surface area contributed by atoms with Crippen molar-refractivity contribution in [2.75, 3.05) is 51.0 Å². The first-order valence-corrected chi connectivity index (χ1v) is 14.4. The zero-order valence-corrected chi connectivity index (χ0v) is 24.2. The number of carbonyl (C=O) groups is 1. The molecule has 6 rings (SSSR count).